The van der Waals surface area contributed by atoms with E-state index in [1.807, 2.05) is 25.1 Å². The number of para-hydroxylation sites is 1. The number of hydrogen-bond acceptors (Lipinski definition) is 4. The lowest BCUT2D eigenvalue weighted by Crippen LogP contribution is -2.13. The van der Waals surface area contributed by atoms with E-state index in [9.17, 15) is 14.0 Å². The van der Waals surface area contributed by atoms with Gasteiger partial charge in [-0.15, -0.1) is 0 Å². The van der Waals surface area contributed by atoms with Crippen LogP contribution in [0.1, 0.15) is 41.4 Å². The topological polar surface area (TPSA) is 71.2 Å². The van der Waals surface area contributed by atoms with E-state index in [0.717, 1.165) is 17.8 Å². The molecule has 1 aliphatic heterocycles. The highest BCUT2D eigenvalue weighted by atomic mass is 19.1. The van der Waals surface area contributed by atoms with Gasteiger partial charge in [0.2, 0.25) is 0 Å². The fraction of sp³-hybridized carbons (Fsp3) is 0.217. The number of hydrogen-bond donors (Lipinski definition) is 2. The summed E-state index contributed by atoms with van der Waals surface area (Å²) in [5, 5.41) is 4.38. The summed E-state index contributed by atoms with van der Waals surface area (Å²) in [5.41, 5.74) is 4.19. The molecule has 2 aromatic carbocycles. The summed E-state index contributed by atoms with van der Waals surface area (Å²) in [6.45, 7) is 5.16. The number of aromatic amines is 1. The molecule has 0 fully saturated rings. The quantitative estimate of drug-likeness (QED) is 0.510. The average molecular weight is 394 g/mol. The molecule has 0 spiro atoms. The Morgan fingerprint density at radius 1 is 1.21 bits per heavy atom. The Labute approximate surface area is 168 Å². The Balaban J connectivity index is 0.000000224. The van der Waals surface area contributed by atoms with E-state index in [1.165, 1.54) is 35.2 Å². The Morgan fingerprint density at radius 2 is 1.93 bits per heavy atom. The van der Waals surface area contributed by atoms with Crippen LogP contribution in [-0.2, 0) is 9.53 Å². The van der Waals surface area contributed by atoms with Crippen LogP contribution in [0.5, 0.6) is 0 Å². The molecule has 0 amide bonds. The number of aldehydes is 1. The first-order valence-corrected chi connectivity index (χ1v) is 9.47. The number of ether oxygens (including phenoxy) is 1. The van der Waals surface area contributed by atoms with Crippen molar-refractivity contribution >= 4 is 28.7 Å². The van der Waals surface area contributed by atoms with Crippen LogP contribution in [0, 0.1) is 5.82 Å². The van der Waals surface area contributed by atoms with Crippen molar-refractivity contribution in [2.45, 2.75) is 19.8 Å². The fourth-order valence-corrected chi connectivity index (χ4v) is 3.31. The summed E-state index contributed by atoms with van der Waals surface area (Å²) in [6.07, 6.45) is 2.44. The molecular weight excluding hydrogens is 371 g/mol. The molecule has 6 heteroatoms. The molecule has 5 nitrogen and oxygen atoms in total. The zero-order valence-corrected chi connectivity index (χ0v) is 16.4. The van der Waals surface area contributed by atoms with Crippen molar-refractivity contribution in [3.63, 3.8) is 0 Å². The number of aromatic nitrogens is 1. The SMILES string of the molecule is CCOC(=O)C1=CNCC(C)c2c1[nH]c1ccccc21.O=Cc1ccc(F)cc1. The van der Waals surface area contributed by atoms with Gasteiger partial charge < -0.3 is 15.0 Å². The largest absolute Gasteiger partial charge is 0.462 e. The zero-order valence-electron chi connectivity index (χ0n) is 16.4. The van der Waals surface area contributed by atoms with Crippen LogP contribution in [0.3, 0.4) is 0 Å². The molecule has 0 saturated heterocycles. The van der Waals surface area contributed by atoms with E-state index in [1.54, 1.807) is 6.20 Å². The normalized spacial score (nSPS) is 15.1. The molecule has 150 valence electrons. The van der Waals surface area contributed by atoms with Crippen LogP contribution in [-0.4, -0.2) is 30.4 Å². The molecule has 1 atom stereocenters. The van der Waals surface area contributed by atoms with Crippen LogP contribution in [0.2, 0.25) is 0 Å². The van der Waals surface area contributed by atoms with E-state index in [-0.39, 0.29) is 11.8 Å². The van der Waals surface area contributed by atoms with Gasteiger partial charge in [-0.05, 0) is 42.8 Å². The maximum absolute atomic E-state index is 12.1. The minimum Gasteiger partial charge on any atom is -0.462 e. The summed E-state index contributed by atoms with van der Waals surface area (Å²) in [4.78, 5) is 25.5. The maximum atomic E-state index is 12.1. The molecule has 1 aliphatic rings. The zero-order chi connectivity index (χ0) is 20.8. The second-order valence-corrected chi connectivity index (χ2v) is 6.72. The average Bonchev–Trinajstić information content (AvgIpc) is 3.03. The van der Waals surface area contributed by atoms with Crippen molar-refractivity contribution in [3.05, 3.63) is 77.4 Å². The van der Waals surface area contributed by atoms with Crippen molar-refractivity contribution in [2.75, 3.05) is 13.2 Å². The van der Waals surface area contributed by atoms with E-state index in [0.29, 0.717) is 29.9 Å². The fourth-order valence-electron chi connectivity index (χ4n) is 3.31. The number of carbonyl (C=O) groups is 2. The summed E-state index contributed by atoms with van der Waals surface area (Å²) < 4.78 is 17.3. The Kier molecular flexibility index (Phi) is 6.44. The summed E-state index contributed by atoms with van der Waals surface area (Å²) in [7, 11) is 0. The minimum absolute atomic E-state index is 0.290. The van der Waals surface area contributed by atoms with Gasteiger partial charge in [0.25, 0.3) is 0 Å². The predicted molar refractivity (Wildman–Crippen MR) is 111 cm³/mol. The third kappa shape index (κ3) is 4.54. The van der Waals surface area contributed by atoms with E-state index in [2.05, 4.69) is 23.3 Å². The van der Waals surface area contributed by atoms with Gasteiger partial charge in [-0.25, -0.2) is 9.18 Å². The lowest BCUT2D eigenvalue weighted by molar-refractivity contribution is -0.136. The molecule has 0 bridgehead atoms. The van der Waals surface area contributed by atoms with Crippen LogP contribution in [0.25, 0.3) is 16.5 Å². The molecular formula is C23H23FN2O3. The molecule has 3 aromatic rings. The predicted octanol–water partition coefficient (Wildman–Crippen LogP) is 4.42. The summed E-state index contributed by atoms with van der Waals surface area (Å²) in [6, 6.07) is 13.5. The molecule has 1 aromatic heterocycles. The van der Waals surface area contributed by atoms with Gasteiger partial charge in [0, 0.05) is 35.1 Å². The minimum atomic E-state index is -0.319. The summed E-state index contributed by atoms with van der Waals surface area (Å²) in [5.74, 6) is -0.285. The molecule has 2 N–H and O–H groups in total. The van der Waals surface area contributed by atoms with Gasteiger partial charge in [0.1, 0.15) is 12.1 Å². The van der Waals surface area contributed by atoms with Gasteiger partial charge in [0.05, 0.1) is 17.9 Å². The highest BCUT2D eigenvalue weighted by molar-refractivity contribution is 6.17. The van der Waals surface area contributed by atoms with Crippen LogP contribution in [0.15, 0.2) is 54.7 Å². The summed E-state index contributed by atoms with van der Waals surface area (Å²) >= 11 is 0. The van der Waals surface area contributed by atoms with E-state index in [4.69, 9.17) is 4.74 Å². The Bertz CT molecular complexity index is 1040. The number of esters is 1. The van der Waals surface area contributed by atoms with Gasteiger partial charge >= 0.3 is 5.97 Å². The third-order valence-corrected chi connectivity index (χ3v) is 4.68. The molecule has 1 unspecified atom stereocenters. The number of halogens is 1. The highest BCUT2D eigenvalue weighted by Gasteiger charge is 2.26. The molecule has 2 heterocycles. The van der Waals surface area contributed by atoms with Crippen molar-refractivity contribution in [3.8, 4) is 0 Å². The molecule has 29 heavy (non-hydrogen) atoms. The Morgan fingerprint density at radius 3 is 2.62 bits per heavy atom. The molecule has 4 rings (SSSR count). The van der Waals surface area contributed by atoms with Gasteiger partial charge in [-0.1, -0.05) is 25.1 Å². The van der Waals surface area contributed by atoms with Gasteiger partial charge in [0.15, 0.2) is 0 Å². The first-order chi connectivity index (χ1) is 14.0. The molecule has 0 aliphatic carbocycles. The monoisotopic (exact) mass is 394 g/mol. The standard InChI is InChI=1S/C16H18N2O2.C7H5FO/c1-3-20-16(19)12-9-17-8-10(2)14-11-6-4-5-7-13(11)18-15(12)14;8-7-3-1-6(5-9)2-4-7/h4-7,9-10,17-18H,3,8H2,1-2H3;1-5H. The number of nitrogens with one attached hydrogen (secondary N) is 2. The number of carbonyl (C=O) groups excluding carboxylic acids is 2. The Hall–Kier alpha value is -3.41. The number of fused-ring (bicyclic) bond motifs is 3. The van der Waals surface area contributed by atoms with Gasteiger partial charge in [-0.3, -0.25) is 4.79 Å². The number of rotatable bonds is 3. The molecule has 0 radical (unpaired) electrons. The van der Waals surface area contributed by atoms with Crippen LogP contribution < -0.4 is 5.32 Å². The highest BCUT2D eigenvalue weighted by Crippen LogP contribution is 2.34. The number of benzene rings is 2. The first-order valence-electron chi connectivity index (χ1n) is 9.47. The van der Waals surface area contributed by atoms with Crippen LogP contribution in [0.4, 0.5) is 4.39 Å². The van der Waals surface area contributed by atoms with E-state index >= 15 is 0 Å². The number of H-pyrrole nitrogens is 1. The van der Waals surface area contributed by atoms with Crippen molar-refractivity contribution in [2.24, 2.45) is 0 Å². The smallest absolute Gasteiger partial charge is 0.341 e. The van der Waals surface area contributed by atoms with Gasteiger partial charge in [-0.2, -0.15) is 0 Å². The van der Waals surface area contributed by atoms with Crippen molar-refractivity contribution < 1.29 is 18.7 Å². The molecule has 0 saturated carbocycles. The second-order valence-electron chi connectivity index (χ2n) is 6.72. The van der Waals surface area contributed by atoms with E-state index < -0.39 is 0 Å². The lowest BCUT2D eigenvalue weighted by atomic mass is 9.96. The van der Waals surface area contributed by atoms with Crippen molar-refractivity contribution in [1.29, 1.82) is 0 Å². The second kappa shape index (κ2) is 9.19. The van der Waals surface area contributed by atoms with Crippen molar-refractivity contribution in [1.82, 2.24) is 10.3 Å². The lowest BCUT2D eigenvalue weighted by Gasteiger charge is -2.10. The van der Waals surface area contributed by atoms with Crippen LogP contribution >= 0.6 is 0 Å². The first kappa shape index (κ1) is 20.3. The maximum Gasteiger partial charge on any atom is 0.341 e. The third-order valence-electron chi connectivity index (χ3n) is 4.68.